The number of ether oxygens (including phenoxy) is 1. The maximum atomic E-state index is 5.66. The minimum Gasteiger partial charge on any atom is -0.378 e. The molecule has 1 aromatic carbocycles. The first-order valence-corrected chi connectivity index (χ1v) is 7.56. The molecule has 0 saturated carbocycles. The van der Waals surface area contributed by atoms with Crippen LogP contribution in [0.2, 0.25) is 0 Å². The fraction of sp³-hybridized carbons (Fsp3) is 0.562. The number of rotatable bonds is 3. The van der Waals surface area contributed by atoms with Gasteiger partial charge in [-0.3, -0.25) is 4.99 Å². The van der Waals surface area contributed by atoms with Crippen LogP contribution in [0, 0.1) is 0 Å². The van der Waals surface area contributed by atoms with Crippen LogP contribution in [0.4, 0.5) is 5.69 Å². The fourth-order valence-corrected chi connectivity index (χ4v) is 3.07. The highest BCUT2D eigenvalue weighted by molar-refractivity contribution is 14.0. The maximum absolute atomic E-state index is 5.66. The van der Waals surface area contributed by atoms with Crippen LogP contribution in [0.5, 0.6) is 0 Å². The lowest BCUT2D eigenvalue weighted by molar-refractivity contribution is 0.105. The van der Waals surface area contributed by atoms with Gasteiger partial charge >= 0.3 is 0 Å². The predicted octanol–water partition coefficient (Wildman–Crippen LogP) is 2.81. The molecule has 0 aliphatic carbocycles. The molecule has 21 heavy (non-hydrogen) atoms. The maximum Gasteiger partial charge on any atom is 0.198 e. The second-order valence-corrected chi connectivity index (χ2v) is 5.43. The third kappa shape index (κ3) is 3.88. The van der Waals surface area contributed by atoms with Gasteiger partial charge in [-0.2, -0.15) is 0 Å². The molecule has 0 bridgehead atoms. The Labute approximate surface area is 144 Å². The number of benzene rings is 1. The molecule has 2 aliphatic rings. The van der Waals surface area contributed by atoms with Crippen LogP contribution in [0.1, 0.15) is 24.8 Å². The first-order chi connectivity index (χ1) is 9.88. The summed E-state index contributed by atoms with van der Waals surface area (Å²) in [5, 5.41) is 3.48. The molecule has 1 aromatic rings. The molecule has 1 unspecified atom stereocenters. The van der Waals surface area contributed by atoms with Crippen molar-refractivity contribution in [2.45, 2.75) is 31.8 Å². The van der Waals surface area contributed by atoms with Crippen molar-refractivity contribution in [1.82, 2.24) is 5.32 Å². The molecule has 116 valence electrons. The molecular weight excluding hydrogens is 377 g/mol. The fourth-order valence-electron chi connectivity index (χ4n) is 3.07. The summed E-state index contributed by atoms with van der Waals surface area (Å²) in [6.07, 6.45) is 5.01. The summed E-state index contributed by atoms with van der Waals surface area (Å²) in [5.74, 6) is 0.980. The van der Waals surface area contributed by atoms with Crippen molar-refractivity contribution >= 4 is 35.6 Å². The second kappa shape index (κ2) is 7.98. The van der Waals surface area contributed by atoms with E-state index in [1.165, 1.54) is 24.1 Å². The Morgan fingerprint density at radius 1 is 1.43 bits per heavy atom. The topological polar surface area (TPSA) is 36.9 Å². The van der Waals surface area contributed by atoms with Gasteiger partial charge in [0.25, 0.3) is 0 Å². The van der Waals surface area contributed by atoms with E-state index in [1.54, 1.807) is 0 Å². The Bertz CT molecular complexity index is 486. The summed E-state index contributed by atoms with van der Waals surface area (Å²) in [5.41, 5.74) is 2.70. The minimum absolute atomic E-state index is 0. The van der Waals surface area contributed by atoms with Gasteiger partial charge in [0, 0.05) is 32.4 Å². The van der Waals surface area contributed by atoms with Crippen LogP contribution < -0.4 is 10.2 Å². The molecule has 0 aromatic heterocycles. The van der Waals surface area contributed by atoms with E-state index in [2.05, 4.69) is 39.5 Å². The van der Waals surface area contributed by atoms with E-state index in [-0.39, 0.29) is 24.0 Å². The highest BCUT2D eigenvalue weighted by Gasteiger charge is 2.22. The van der Waals surface area contributed by atoms with Crippen molar-refractivity contribution < 1.29 is 4.74 Å². The lowest BCUT2D eigenvalue weighted by atomic mass is 10.2. The van der Waals surface area contributed by atoms with Crippen LogP contribution in [0.3, 0.4) is 0 Å². The second-order valence-electron chi connectivity index (χ2n) is 5.43. The number of fused-ring (bicyclic) bond motifs is 1. The first kappa shape index (κ1) is 16.5. The molecule has 1 fully saturated rings. The molecule has 2 heterocycles. The number of nitrogens with one attached hydrogen (secondary N) is 1. The summed E-state index contributed by atoms with van der Waals surface area (Å²) in [4.78, 5) is 6.71. The standard InChI is InChI=1S/C16H23N3O.HI/c1-17-16(18-10-8-14-6-4-12-20-14)19-11-9-13-5-2-3-7-15(13)19;/h2-3,5,7,14H,4,6,8-12H2,1H3,(H,17,18);1H. The highest BCUT2D eigenvalue weighted by Crippen LogP contribution is 2.27. The van der Waals surface area contributed by atoms with Crippen molar-refractivity contribution in [2.24, 2.45) is 4.99 Å². The first-order valence-electron chi connectivity index (χ1n) is 7.56. The van der Waals surface area contributed by atoms with Gasteiger partial charge in [-0.1, -0.05) is 18.2 Å². The number of aliphatic imine (C=N–C) groups is 1. The zero-order valence-electron chi connectivity index (χ0n) is 12.5. The normalized spacial score (nSPS) is 21.1. The third-order valence-corrected chi connectivity index (χ3v) is 4.13. The Balaban J connectivity index is 0.00000161. The zero-order valence-corrected chi connectivity index (χ0v) is 14.9. The molecular formula is C16H24IN3O. The Morgan fingerprint density at radius 2 is 2.29 bits per heavy atom. The smallest absolute Gasteiger partial charge is 0.198 e. The van der Waals surface area contributed by atoms with Gasteiger partial charge in [-0.15, -0.1) is 24.0 Å². The molecule has 0 spiro atoms. The quantitative estimate of drug-likeness (QED) is 0.481. The van der Waals surface area contributed by atoms with Crippen LogP contribution in [-0.2, 0) is 11.2 Å². The Morgan fingerprint density at radius 3 is 3.05 bits per heavy atom. The monoisotopic (exact) mass is 401 g/mol. The summed E-state index contributed by atoms with van der Waals surface area (Å²) in [6.45, 7) is 2.87. The van der Waals surface area contributed by atoms with Gasteiger partial charge in [-0.25, -0.2) is 0 Å². The van der Waals surface area contributed by atoms with Crippen LogP contribution in [0.15, 0.2) is 29.3 Å². The highest BCUT2D eigenvalue weighted by atomic mass is 127. The number of anilines is 1. The van der Waals surface area contributed by atoms with Gasteiger partial charge in [0.15, 0.2) is 5.96 Å². The summed E-state index contributed by atoms with van der Waals surface area (Å²) >= 11 is 0. The van der Waals surface area contributed by atoms with Crippen molar-refractivity contribution in [3.8, 4) is 0 Å². The molecule has 4 nitrogen and oxygen atoms in total. The SMILES string of the molecule is CN=C(NCCC1CCCO1)N1CCc2ccccc21.I. The number of hydrogen-bond donors (Lipinski definition) is 1. The Hall–Kier alpha value is -0.820. The van der Waals surface area contributed by atoms with Gasteiger partial charge in [0.1, 0.15) is 0 Å². The predicted molar refractivity (Wildman–Crippen MR) is 97.9 cm³/mol. The Kier molecular flexibility index (Phi) is 6.29. The lowest BCUT2D eigenvalue weighted by Gasteiger charge is -2.22. The third-order valence-electron chi connectivity index (χ3n) is 4.13. The minimum atomic E-state index is 0. The van der Waals surface area contributed by atoms with Crippen molar-refractivity contribution in [2.75, 3.05) is 31.6 Å². The van der Waals surface area contributed by atoms with Crippen molar-refractivity contribution in [3.63, 3.8) is 0 Å². The van der Waals surface area contributed by atoms with Gasteiger partial charge < -0.3 is 15.0 Å². The zero-order chi connectivity index (χ0) is 13.8. The molecule has 1 saturated heterocycles. The number of para-hydroxylation sites is 1. The summed E-state index contributed by atoms with van der Waals surface area (Å²) < 4.78 is 5.66. The van der Waals surface area contributed by atoms with Gasteiger partial charge in [0.05, 0.1) is 6.10 Å². The molecule has 0 radical (unpaired) electrons. The molecule has 0 amide bonds. The van der Waals surface area contributed by atoms with E-state index >= 15 is 0 Å². The average molecular weight is 401 g/mol. The van der Waals surface area contributed by atoms with Crippen LogP contribution in [-0.4, -0.2) is 38.8 Å². The van der Waals surface area contributed by atoms with Gasteiger partial charge in [0.2, 0.25) is 0 Å². The van der Waals surface area contributed by atoms with Crippen LogP contribution >= 0.6 is 24.0 Å². The van der Waals surface area contributed by atoms with E-state index in [1.807, 2.05) is 7.05 Å². The van der Waals surface area contributed by atoms with Gasteiger partial charge in [-0.05, 0) is 37.3 Å². The molecule has 1 N–H and O–H groups in total. The molecule has 2 aliphatic heterocycles. The molecule has 1 atom stereocenters. The van der Waals surface area contributed by atoms with Crippen molar-refractivity contribution in [1.29, 1.82) is 0 Å². The number of nitrogens with zero attached hydrogens (tertiary/aromatic N) is 2. The van der Waals surface area contributed by atoms with E-state index in [4.69, 9.17) is 4.74 Å². The van der Waals surface area contributed by atoms with Crippen molar-refractivity contribution in [3.05, 3.63) is 29.8 Å². The molecule has 3 rings (SSSR count). The van der Waals surface area contributed by atoms with E-state index in [0.717, 1.165) is 38.5 Å². The average Bonchev–Trinajstić information content (AvgIpc) is 3.13. The van der Waals surface area contributed by atoms with E-state index in [9.17, 15) is 0 Å². The molecule has 5 heteroatoms. The summed E-state index contributed by atoms with van der Waals surface area (Å²) in [7, 11) is 1.86. The van der Waals surface area contributed by atoms with E-state index < -0.39 is 0 Å². The number of guanidine groups is 1. The summed E-state index contributed by atoms with van der Waals surface area (Å²) in [6, 6.07) is 8.58. The number of hydrogen-bond acceptors (Lipinski definition) is 2. The largest absolute Gasteiger partial charge is 0.378 e. The van der Waals surface area contributed by atoms with Crippen LogP contribution in [0.25, 0.3) is 0 Å². The number of halogens is 1. The van der Waals surface area contributed by atoms with E-state index in [0.29, 0.717) is 6.10 Å². The lowest BCUT2D eigenvalue weighted by Crippen LogP contribution is -2.41.